The minimum Gasteiger partial charge on any atom is -0.449 e. The van der Waals surface area contributed by atoms with Crippen LogP contribution in [0.15, 0.2) is 46.9 Å². The van der Waals surface area contributed by atoms with Gasteiger partial charge in [0, 0.05) is 48.3 Å². The molecule has 0 atom stereocenters. The van der Waals surface area contributed by atoms with Crippen molar-refractivity contribution in [1.82, 2.24) is 4.31 Å². The third-order valence-electron chi connectivity index (χ3n) is 5.32. The number of rotatable bonds is 5. The van der Waals surface area contributed by atoms with Crippen LogP contribution in [0, 0.1) is 6.92 Å². The van der Waals surface area contributed by atoms with Crippen molar-refractivity contribution >= 4 is 44.4 Å². The van der Waals surface area contributed by atoms with E-state index in [0.29, 0.717) is 42.3 Å². The van der Waals surface area contributed by atoms with E-state index in [1.165, 1.54) is 4.31 Å². The number of ether oxygens (including phenoxy) is 1. The number of hydrogen-bond acceptors (Lipinski definition) is 6. The molecule has 0 bridgehead atoms. The highest BCUT2D eigenvalue weighted by molar-refractivity contribution is 7.88. The number of carbonyl (C=O) groups is 1. The molecule has 8 nitrogen and oxygen atoms in total. The van der Waals surface area contributed by atoms with Crippen LogP contribution >= 0.6 is 11.6 Å². The zero-order valence-electron chi connectivity index (χ0n) is 16.7. The molecule has 0 radical (unpaired) electrons. The molecule has 4 rings (SSSR count). The summed E-state index contributed by atoms with van der Waals surface area (Å²) in [4.78, 5) is 12.9. The van der Waals surface area contributed by atoms with E-state index in [1.54, 1.807) is 36.4 Å². The summed E-state index contributed by atoms with van der Waals surface area (Å²) >= 11 is 5.97. The van der Waals surface area contributed by atoms with Crippen molar-refractivity contribution < 1.29 is 27.5 Å². The Bertz CT molecular complexity index is 1230. The van der Waals surface area contributed by atoms with Crippen LogP contribution in [0.2, 0.25) is 5.02 Å². The lowest BCUT2D eigenvalue weighted by molar-refractivity contribution is 0.134. The van der Waals surface area contributed by atoms with Crippen LogP contribution in [0.1, 0.15) is 11.1 Å². The fraction of sp³-hybridized carbons (Fsp3) is 0.286. The highest BCUT2D eigenvalue weighted by Crippen LogP contribution is 2.34. The molecule has 2 heterocycles. The lowest BCUT2D eigenvalue weighted by Gasteiger charge is -2.36. The molecule has 31 heavy (non-hydrogen) atoms. The number of carboxylic acid groups (broad SMARTS) is 1. The average molecular weight is 465 g/mol. The van der Waals surface area contributed by atoms with Gasteiger partial charge in [0.2, 0.25) is 10.0 Å². The van der Waals surface area contributed by atoms with Gasteiger partial charge in [0.05, 0.1) is 5.75 Å². The van der Waals surface area contributed by atoms with Gasteiger partial charge in [-0.3, -0.25) is 0 Å². The maximum absolute atomic E-state index is 12.8. The summed E-state index contributed by atoms with van der Waals surface area (Å²) in [5.74, 6) is -0.167. The first-order valence-corrected chi connectivity index (χ1v) is 11.6. The number of hydrogen-bond donors (Lipinski definition) is 1. The molecule has 1 fully saturated rings. The van der Waals surface area contributed by atoms with Gasteiger partial charge in [0.25, 0.3) is 5.95 Å². The lowest BCUT2D eigenvalue weighted by Crippen LogP contribution is -2.49. The van der Waals surface area contributed by atoms with Crippen molar-refractivity contribution in [3.63, 3.8) is 0 Å². The van der Waals surface area contributed by atoms with Crippen molar-refractivity contribution in [2.24, 2.45) is 0 Å². The first-order valence-electron chi connectivity index (χ1n) is 9.64. The van der Waals surface area contributed by atoms with Crippen LogP contribution < -0.4 is 9.64 Å². The summed E-state index contributed by atoms with van der Waals surface area (Å²) in [5, 5.41) is 10.0. The highest BCUT2D eigenvalue weighted by atomic mass is 35.5. The number of fused-ring (bicyclic) bond motifs is 1. The molecular weight excluding hydrogens is 444 g/mol. The molecule has 1 N–H and O–H groups in total. The smallest absolute Gasteiger partial charge is 0.449 e. The second-order valence-corrected chi connectivity index (χ2v) is 9.73. The molecule has 0 saturated carbocycles. The number of piperazine rings is 1. The molecule has 1 aliphatic rings. The minimum atomic E-state index is -3.45. The van der Waals surface area contributed by atoms with Gasteiger partial charge in [-0.1, -0.05) is 23.7 Å². The summed E-state index contributed by atoms with van der Waals surface area (Å²) in [6, 6.07) is 12.1. The topological polar surface area (TPSA) is 100 Å². The predicted molar refractivity (Wildman–Crippen MR) is 117 cm³/mol. The zero-order chi connectivity index (χ0) is 22.2. The summed E-state index contributed by atoms with van der Waals surface area (Å²) in [5.41, 5.74) is 3.05. The molecule has 1 saturated heterocycles. The molecule has 1 aliphatic heterocycles. The summed E-state index contributed by atoms with van der Waals surface area (Å²) in [7, 11) is -3.45. The normalized spacial score (nSPS) is 15.4. The number of anilines is 1. The molecule has 0 amide bonds. The fourth-order valence-electron chi connectivity index (χ4n) is 3.83. The van der Waals surface area contributed by atoms with E-state index in [4.69, 9.17) is 21.1 Å². The van der Waals surface area contributed by atoms with Gasteiger partial charge in [-0.05, 0) is 42.3 Å². The fourth-order valence-corrected chi connectivity index (χ4v) is 5.55. The Morgan fingerprint density at radius 1 is 1.16 bits per heavy atom. The molecule has 1 aromatic heterocycles. The standard InChI is InChI=1S/C21H21ClN2O6S/c1-14-17-12-20(30-21(25)26)29-19(17)6-5-18(14)23-7-9-24(10-8-23)31(27,28)13-15-3-2-4-16(22)11-15/h2-6,11-12H,7-10,13H2,1H3,(H,25,26). The van der Waals surface area contributed by atoms with Crippen molar-refractivity contribution in [3.05, 3.63) is 58.6 Å². The zero-order valence-corrected chi connectivity index (χ0v) is 18.3. The van der Waals surface area contributed by atoms with Gasteiger partial charge in [0.15, 0.2) is 0 Å². The third kappa shape index (κ3) is 4.63. The van der Waals surface area contributed by atoms with Crippen LogP contribution in [0.3, 0.4) is 0 Å². The number of sulfonamides is 1. The second kappa shape index (κ2) is 8.41. The van der Waals surface area contributed by atoms with Crippen LogP contribution in [0.4, 0.5) is 10.5 Å². The van der Waals surface area contributed by atoms with Crippen LogP contribution in [0.5, 0.6) is 5.95 Å². The van der Waals surface area contributed by atoms with Crippen LogP contribution in [-0.4, -0.2) is 50.2 Å². The van der Waals surface area contributed by atoms with E-state index in [9.17, 15) is 13.2 Å². The maximum atomic E-state index is 12.8. The van der Waals surface area contributed by atoms with Gasteiger partial charge in [-0.2, -0.15) is 4.31 Å². The number of benzene rings is 2. The van der Waals surface area contributed by atoms with E-state index in [-0.39, 0.29) is 11.7 Å². The molecular formula is C21H21ClN2O6S. The molecule has 10 heteroatoms. The molecule has 164 valence electrons. The Hall–Kier alpha value is -2.75. The number of aryl methyl sites for hydroxylation is 1. The molecule has 3 aromatic rings. The Morgan fingerprint density at radius 2 is 1.90 bits per heavy atom. The number of furan rings is 1. The first-order chi connectivity index (χ1) is 14.7. The van der Waals surface area contributed by atoms with Gasteiger partial charge in [-0.15, -0.1) is 0 Å². The molecule has 0 aliphatic carbocycles. The molecule has 0 spiro atoms. The Balaban J connectivity index is 1.47. The van der Waals surface area contributed by atoms with Crippen molar-refractivity contribution in [2.75, 3.05) is 31.1 Å². The number of nitrogens with zero attached hydrogens (tertiary/aromatic N) is 2. The third-order valence-corrected chi connectivity index (χ3v) is 7.40. The van der Waals surface area contributed by atoms with E-state index >= 15 is 0 Å². The maximum Gasteiger partial charge on any atom is 0.513 e. The van der Waals surface area contributed by atoms with E-state index in [0.717, 1.165) is 16.6 Å². The SMILES string of the molecule is Cc1c(N2CCN(S(=O)(=O)Cc3cccc(Cl)c3)CC2)ccc2oc(OC(=O)O)cc12. The quantitative estimate of drug-likeness (QED) is 0.567. The van der Waals surface area contributed by atoms with Crippen LogP contribution in [-0.2, 0) is 15.8 Å². The van der Waals surface area contributed by atoms with E-state index in [1.807, 2.05) is 13.0 Å². The summed E-state index contributed by atoms with van der Waals surface area (Å²) in [6.07, 6.45) is -1.44. The van der Waals surface area contributed by atoms with Gasteiger partial charge in [0.1, 0.15) is 5.58 Å². The summed E-state index contributed by atoms with van der Waals surface area (Å²) < 4.78 is 37.2. The summed E-state index contributed by atoms with van der Waals surface area (Å²) in [6.45, 7) is 3.74. The van der Waals surface area contributed by atoms with Gasteiger partial charge < -0.3 is 19.2 Å². The second-order valence-electron chi connectivity index (χ2n) is 7.33. The monoisotopic (exact) mass is 464 g/mol. The lowest BCUT2D eigenvalue weighted by atomic mass is 10.1. The minimum absolute atomic E-state index is 0.0834. The predicted octanol–water partition coefficient (Wildman–Crippen LogP) is 4.10. The Labute approximate surface area is 184 Å². The van der Waals surface area contributed by atoms with E-state index in [2.05, 4.69) is 9.64 Å². The molecule has 2 aromatic carbocycles. The first kappa shape index (κ1) is 21.5. The Kier molecular flexibility index (Phi) is 5.83. The van der Waals surface area contributed by atoms with E-state index < -0.39 is 16.2 Å². The van der Waals surface area contributed by atoms with Crippen molar-refractivity contribution in [2.45, 2.75) is 12.7 Å². The van der Waals surface area contributed by atoms with Crippen LogP contribution in [0.25, 0.3) is 11.0 Å². The number of halogens is 1. The van der Waals surface area contributed by atoms with Crippen molar-refractivity contribution in [1.29, 1.82) is 0 Å². The Morgan fingerprint density at radius 3 is 2.58 bits per heavy atom. The highest BCUT2D eigenvalue weighted by Gasteiger charge is 2.28. The largest absolute Gasteiger partial charge is 0.513 e. The average Bonchev–Trinajstić information content (AvgIpc) is 3.11. The molecule has 0 unspecified atom stereocenters. The van der Waals surface area contributed by atoms with Gasteiger partial charge >= 0.3 is 6.16 Å². The van der Waals surface area contributed by atoms with Crippen molar-refractivity contribution in [3.8, 4) is 5.95 Å². The van der Waals surface area contributed by atoms with Gasteiger partial charge in [-0.25, -0.2) is 13.2 Å².